The summed E-state index contributed by atoms with van der Waals surface area (Å²) in [4.78, 5) is 4.40. The van der Waals surface area contributed by atoms with Crippen molar-refractivity contribution in [1.29, 1.82) is 0 Å². The van der Waals surface area contributed by atoms with Crippen LogP contribution in [0.15, 0.2) is 30.5 Å². The molecule has 2 heterocycles. The van der Waals surface area contributed by atoms with E-state index in [4.69, 9.17) is 4.74 Å². The number of aryl methyl sites for hydroxylation is 2. The highest BCUT2D eigenvalue weighted by atomic mass is 16.5. The molecule has 1 aromatic carbocycles. The molecular weight excluding hydrogens is 224 g/mol. The van der Waals surface area contributed by atoms with Crippen LogP contribution in [0.1, 0.15) is 29.4 Å². The van der Waals surface area contributed by atoms with E-state index in [1.54, 1.807) is 7.11 Å². The van der Waals surface area contributed by atoms with Gasteiger partial charge in [-0.1, -0.05) is 12.1 Å². The number of fused-ring (bicyclic) bond motifs is 1. The number of ether oxygens (including phenoxy) is 1. The summed E-state index contributed by atoms with van der Waals surface area (Å²) in [5.41, 5.74) is 2.77. The van der Waals surface area contributed by atoms with E-state index in [-0.39, 0.29) is 0 Å². The average molecular weight is 242 g/mol. The van der Waals surface area contributed by atoms with Crippen LogP contribution in [0.3, 0.4) is 0 Å². The predicted octanol–water partition coefficient (Wildman–Crippen LogP) is 2.93. The Labute approximate surface area is 107 Å². The van der Waals surface area contributed by atoms with Gasteiger partial charge in [-0.3, -0.25) is 0 Å². The number of aromatic nitrogens is 2. The fraction of sp³-hybridized carbons (Fsp3) is 0.400. The normalized spacial score (nSPS) is 18.4. The van der Waals surface area contributed by atoms with Crippen LogP contribution < -0.4 is 4.74 Å². The van der Waals surface area contributed by atoms with Gasteiger partial charge < -0.3 is 9.30 Å². The van der Waals surface area contributed by atoms with Gasteiger partial charge in [0.2, 0.25) is 0 Å². The summed E-state index contributed by atoms with van der Waals surface area (Å²) in [6, 6.07) is 8.46. The van der Waals surface area contributed by atoms with Crippen LogP contribution in [-0.2, 0) is 13.0 Å². The van der Waals surface area contributed by atoms with Crippen LogP contribution in [0.5, 0.6) is 5.75 Å². The molecule has 0 saturated carbocycles. The third-order valence-electron chi connectivity index (χ3n) is 3.88. The molecule has 0 amide bonds. The Bertz CT molecular complexity index is 542. The average Bonchev–Trinajstić information content (AvgIpc) is 2.80. The molecule has 1 aliphatic heterocycles. The fourth-order valence-corrected chi connectivity index (χ4v) is 2.75. The smallest absolute Gasteiger partial charge is 0.118 e. The van der Waals surface area contributed by atoms with E-state index in [9.17, 15) is 0 Å². The van der Waals surface area contributed by atoms with E-state index < -0.39 is 0 Å². The number of hydrogen-bond donors (Lipinski definition) is 0. The fourth-order valence-electron chi connectivity index (χ4n) is 2.75. The zero-order chi connectivity index (χ0) is 12.5. The lowest BCUT2D eigenvalue weighted by Crippen LogP contribution is -2.19. The first-order valence-corrected chi connectivity index (χ1v) is 6.43. The summed E-state index contributed by atoms with van der Waals surface area (Å²) in [7, 11) is 1.71. The van der Waals surface area contributed by atoms with Gasteiger partial charge in [-0.05, 0) is 37.5 Å². The molecule has 0 saturated heterocycles. The van der Waals surface area contributed by atoms with E-state index in [1.807, 2.05) is 18.3 Å². The maximum atomic E-state index is 5.20. The Morgan fingerprint density at radius 3 is 2.78 bits per heavy atom. The van der Waals surface area contributed by atoms with Crippen molar-refractivity contribution in [1.82, 2.24) is 9.55 Å². The molecule has 0 bridgehead atoms. The minimum atomic E-state index is 0.594. The Morgan fingerprint density at radius 2 is 2.06 bits per heavy atom. The molecule has 3 heteroatoms. The molecule has 0 spiro atoms. The van der Waals surface area contributed by atoms with Gasteiger partial charge in [-0.2, -0.15) is 0 Å². The lowest BCUT2D eigenvalue weighted by atomic mass is 9.91. The van der Waals surface area contributed by atoms with Crippen LogP contribution in [0, 0.1) is 6.92 Å². The van der Waals surface area contributed by atoms with Gasteiger partial charge >= 0.3 is 0 Å². The van der Waals surface area contributed by atoms with Gasteiger partial charge in [0.15, 0.2) is 0 Å². The molecule has 0 radical (unpaired) electrons. The molecule has 2 aromatic rings. The van der Waals surface area contributed by atoms with Crippen LogP contribution in [0.25, 0.3) is 0 Å². The second kappa shape index (κ2) is 4.48. The molecule has 0 aliphatic carbocycles. The number of nitrogens with zero attached hydrogens (tertiary/aromatic N) is 2. The highest BCUT2D eigenvalue weighted by Gasteiger charge is 2.21. The first kappa shape index (κ1) is 11.3. The number of methoxy groups -OCH3 is 1. The standard InChI is InChI=1S/C15H18N2O/c1-11-16-9-14-6-3-13(10-17(11)14)12-4-7-15(18-2)8-5-12/h4-5,7-9,13H,3,6,10H2,1-2H3. The molecule has 94 valence electrons. The van der Waals surface area contributed by atoms with Crippen LogP contribution in [-0.4, -0.2) is 16.7 Å². The van der Waals surface area contributed by atoms with Crippen molar-refractivity contribution < 1.29 is 4.74 Å². The van der Waals surface area contributed by atoms with Crippen molar-refractivity contribution in [2.24, 2.45) is 0 Å². The highest BCUT2D eigenvalue weighted by molar-refractivity contribution is 5.30. The van der Waals surface area contributed by atoms with Gasteiger partial charge in [-0.25, -0.2) is 4.98 Å². The molecule has 3 nitrogen and oxygen atoms in total. The number of hydrogen-bond acceptors (Lipinski definition) is 2. The lowest BCUT2D eigenvalue weighted by Gasteiger charge is -2.25. The minimum Gasteiger partial charge on any atom is -0.497 e. The molecular formula is C15H18N2O. The topological polar surface area (TPSA) is 27.1 Å². The largest absolute Gasteiger partial charge is 0.497 e. The molecule has 1 unspecified atom stereocenters. The molecule has 18 heavy (non-hydrogen) atoms. The molecule has 3 rings (SSSR count). The van der Waals surface area contributed by atoms with Crippen molar-refractivity contribution >= 4 is 0 Å². The van der Waals surface area contributed by atoms with Crippen LogP contribution in [0.4, 0.5) is 0 Å². The Balaban J connectivity index is 1.84. The number of rotatable bonds is 2. The number of benzene rings is 1. The monoisotopic (exact) mass is 242 g/mol. The minimum absolute atomic E-state index is 0.594. The summed E-state index contributed by atoms with van der Waals surface area (Å²) in [6.45, 7) is 3.13. The van der Waals surface area contributed by atoms with E-state index in [0.29, 0.717) is 5.92 Å². The molecule has 0 N–H and O–H groups in total. The maximum Gasteiger partial charge on any atom is 0.118 e. The summed E-state index contributed by atoms with van der Waals surface area (Å²) in [6.07, 6.45) is 4.34. The Morgan fingerprint density at radius 1 is 1.28 bits per heavy atom. The third-order valence-corrected chi connectivity index (χ3v) is 3.88. The zero-order valence-electron chi connectivity index (χ0n) is 10.9. The van der Waals surface area contributed by atoms with Crippen molar-refractivity contribution in [2.45, 2.75) is 32.2 Å². The second-order valence-electron chi connectivity index (χ2n) is 4.92. The van der Waals surface area contributed by atoms with Crippen molar-refractivity contribution in [3.05, 3.63) is 47.5 Å². The first-order valence-electron chi connectivity index (χ1n) is 6.43. The summed E-state index contributed by atoms with van der Waals surface area (Å²) in [5.74, 6) is 2.65. The Hall–Kier alpha value is -1.77. The van der Waals surface area contributed by atoms with E-state index in [2.05, 4.69) is 28.6 Å². The van der Waals surface area contributed by atoms with Crippen molar-refractivity contribution in [2.75, 3.05) is 7.11 Å². The van der Waals surface area contributed by atoms with Gasteiger partial charge in [-0.15, -0.1) is 0 Å². The predicted molar refractivity (Wildman–Crippen MR) is 71.0 cm³/mol. The SMILES string of the molecule is COc1ccc(C2CCc3cnc(C)n3C2)cc1. The van der Waals surface area contributed by atoms with Gasteiger partial charge in [0, 0.05) is 24.4 Å². The summed E-state index contributed by atoms with van der Waals surface area (Å²) < 4.78 is 7.55. The Kier molecular flexibility index (Phi) is 2.82. The van der Waals surface area contributed by atoms with Crippen molar-refractivity contribution in [3.8, 4) is 5.75 Å². The van der Waals surface area contributed by atoms with E-state index in [1.165, 1.54) is 17.7 Å². The third kappa shape index (κ3) is 1.90. The molecule has 1 aromatic heterocycles. The van der Waals surface area contributed by atoms with E-state index in [0.717, 1.165) is 24.5 Å². The van der Waals surface area contributed by atoms with Gasteiger partial charge in [0.25, 0.3) is 0 Å². The molecule has 1 atom stereocenters. The van der Waals surface area contributed by atoms with Gasteiger partial charge in [0.05, 0.1) is 7.11 Å². The summed E-state index contributed by atoms with van der Waals surface area (Å²) >= 11 is 0. The number of imidazole rings is 1. The van der Waals surface area contributed by atoms with Gasteiger partial charge in [0.1, 0.15) is 11.6 Å². The first-order chi connectivity index (χ1) is 8.78. The maximum absolute atomic E-state index is 5.20. The van der Waals surface area contributed by atoms with Crippen molar-refractivity contribution in [3.63, 3.8) is 0 Å². The molecule has 1 aliphatic rings. The second-order valence-corrected chi connectivity index (χ2v) is 4.92. The zero-order valence-corrected chi connectivity index (χ0v) is 10.9. The van der Waals surface area contributed by atoms with E-state index >= 15 is 0 Å². The van der Waals surface area contributed by atoms with Crippen LogP contribution >= 0.6 is 0 Å². The lowest BCUT2D eigenvalue weighted by molar-refractivity contribution is 0.413. The summed E-state index contributed by atoms with van der Waals surface area (Å²) in [5, 5.41) is 0. The quantitative estimate of drug-likeness (QED) is 0.809. The van der Waals surface area contributed by atoms with Crippen LogP contribution in [0.2, 0.25) is 0 Å². The highest BCUT2D eigenvalue weighted by Crippen LogP contribution is 2.30. The molecule has 0 fully saturated rings.